The van der Waals surface area contributed by atoms with E-state index >= 15 is 0 Å². The molecule has 0 aromatic heterocycles. The molecular formula is C22H26ClNO5. The van der Waals surface area contributed by atoms with E-state index in [1.165, 1.54) is 21.0 Å². The highest BCUT2D eigenvalue weighted by molar-refractivity contribution is 6.31. The molecule has 0 fully saturated rings. The van der Waals surface area contributed by atoms with Crippen molar-refractivity contribution in [3.05, 3.63) is 58.6 Å². The third-order valence-corrected chi connectivity index (χ3v) is 4.86. The maximum atomic E-state index is 12.6. The van der Waals surface area contributed by atoms with Crippen molar-refractivity contribution in [2.24, 2.45) is 0 Å². The SMILES string of the molecule is COc1ccc(Cl)cc1C(=O)NCC(C)(C)c1ccc(OC(C)(C)C(=O)O)cc1. The van der Waals surface area contributed by atoms with Crippen LogP contribution in [0.15, 0.2) is 42.5 Å². The molecule has 29 heavy (non-hydrogen) atoms. The number of halogens is 1. The summed E-state index contributed by atoms with van der Waals surface area (Å²) in [6.45, 7) is 7.36. The first-order valence-electron chi connectivity index (χ1n) is 9.11. The number of aliphatic carboxylic acids is 1. The molecule has 0 radical (unpaired) electrons. The zero-order chi connectivity index (χ0) is 21.8. The minimum absolute atomic E-state index is 0.277. The van der Waals surface area contributed by atoms with E-state index in [1.54, 1.807) is 30.3 Å². The van der Waals surface area contributed by atoms with Gasteiger partial charge >= 0.3 is 5.97 Å². The number of carbonyl (C=O) groups is 2. The molecule has 0 bridgehead atoms. The number of benzene rings is 2. The number of carboxylic acid groups (broad SMARTS) is 1. The molecule has 0 saturated heterocycles. The normalized spacial score (nSPS) is 11.7. The lowest BCUT2D eigenvalue weighted by Crippen LogP contribution is -2.38. The van der Waals surface area contributed by atoms with Gasteiger partial charge in [-0.15, -0.1) is 0 Å². The van der Waals surface area contributed by atoms with E-state index in [1.807, 2.05) is 26.0 Å². The van der Waals surface area contributed by atoms with Crippen LogP contribution in [-0.2, 0) is 10.2 Å². The number of nitrogens with one attached hydrogen (secondary N) is 1. The van der Waals surface area contributed by atoms with Crippen LogP contribution >= 0.6 is 11.6 Å². The minimum Gasteiger partial charge on any atom is -0.496 e. The van der Waals surface area contributed by atoms with Crippen molar-refractivity contribution in [3.8, 4) is 11.5 Å². The number of hydrogen-bond acceptors (Lipinski definition) is 4. The van der Waals surface area contributed by atoms with Crippen molar-refractivity contribution in [2.75, 3.05) is 13.7 Å². The Morgan fingerprint density at radius 3 is 2.24 bits per heavy atom. The van der Waals surface area contributed by atoms with Gasteiger partial charge in [-0.1, -0.05) is 37.6 Å². The maximum Gasteiger partial charge on any atom is 0.347 e. The van der Waals surface area contributed by atoms with Crippen LogP contribution in [0.25, 0.3) is 0 Å². The van der Waals surface area contributed by atoms with Crippen molar-refractivity contribution >= 4 is 23.5 Å². The molecule has 7 heteroatoms. The number of methoxy groups -OCH3 is 1. The molecule has 0 atom stereocenters. The van der Waals surface area contributed by atoms with Crippen LogP contribution in [0.2, 0.25) is 5.02 Å². The fraction of sp³-hybridized carbons (Fsp3) is 0.364. The molecular weight excluding hydrogens is 394 g/mol. The summed E-state index contributed by atoms with van der Waals surface area (Å²) in [5, 5.41) is 12.5. The van der Waals surface area contributed by atoms with Gasteiger partial charge < -0.3 is 19.9 Å². The van der Waals surface area contributed by atoms with Gasteiger partial charge in [-0.05, 0) is 49.7 Å². The van der Waals surface area contributed by atoms with E-state index in [-0.39, 0.29) is 11.3 Å². The Balaban J connectivity index is 2.08. The van der Waals surface area contributed by atoms with Gasteiger partial charge in [-0.2, -0.15) is 0 Å². The van der Waals surface area contributed by atoms with Crippen molar-refractivity contribution in [2.45, 2.75) is 38.7 Å². The largest absolute Gasteiger partial charge is 0.496 e. The van der Waals surface area contributed by atoms with Crippen LogP contribution in [0.3, 0.4) is 0 Å². The average molecular weight is 420 g/mol. The Morgan fingerprint density at radius 2 is 1.69 bits per heavy atom. The first kappa shape index (κ1) is 22.6. The lowest BCUT2D eigenvalue weighted by molar-refractivity contribution is -0.152. The second kappa shape index (κ2) is 8.74. The van der Waals surface area contributed by atoms with Gasteiger partial charge in [-0.25, -0.2) is 4.79 Å². The average Bonchev–Trinajstić information content (AvgIpc) is 2.66. The number of carboxylic acids is 1. The number of ether oxygens (including phenoxy) is 2. The molecule has 2 rings (SSSR count). The summed E-state index contributed by atoms with van der Waals surface area (Å²) >= 11 is 6.00. The van der Waals surface area contributed by atoms with Crippen LogP contribution in [-0.4, -0.2) is 36.2 Å². The molecule has 2 aromatic rings. The zero-order valence-corrected chi connectivity index (χ0v) is 18.0. The minimum atomic E-state index is -1.32. The molecule has 0 aliphatic rings. The van der Waals surface area contributed by atoms with E-state index in [0.717, 1.165) is 5.56 Å². The van der Waals surface area contributed by atoms with Crippen molar-refractivity contribution in [3.63, 3.8) is 0 Å². The summed E-state index contributed by atoms with van der Waals surface area (Å²) in [6.07, 6.45) is 0. The molecule has 156 valence electrons. The topological polar surface area (TPSA) is 84.9 Å². The van der Waals surface area contributed by atoms with E-state index in [4.69, 9.17) is 21.1 Å². The van der Waals surface area contributed by atoms with Crippen molar-refractivity contribution in [1.29, 1.82) is 0 Å². The molecule has 6 nitrogen and oxygen atoms in total. The van der Waals surface area contributed by atoms with E-state index in [9.17, 15) is 14.7 Å². The Hall–Kier alpha value is -2.73. The van der Waals surface area contributed by atoms with Gasteiger partial charge in [0.2, 0.25) is 0 Å². The fourth-order valence-electron chi connectivity index (χ4n) is 2.67. The van der Waals surface area contributed by atoms with Crippen LogP contribution in [0.4, 0.5) is 0 Å². The van der Waals surface area contributed by atoms with E-state index in [0.29, 0.717) is 28.6 Å². The van der Waals surface area contributed by atoms with E-state index < -0.39 is 11.6 Å². The smallest absolute Gasteiger partial charge is 0.347 e. The van der Waals surface area contributed by atoms with Crippen LogP contribution in [0, 0.1) is 0 Å². The van der Waals surface area contributed by atoms with Crippen molar-refractivity contribution < 1.29 is 24.2 Å². The molecule has 1 amide bonds. The molecule has 0 unspecified atom stereocenters. The highest BCUT2D eigenvalue weighted by Gasteiger charge is 2.29. The first-order valence-corrected chi connectivity index (χ1v) is 9.49. The summed E-state index contributed by atoms with van der Waals surface area (Å²) in [5.41, 5.74) is -0.352. The first-order chi connectivity index (χ1) is 13.5. The second-order valence-electron chi connectivity index (χ2n) is 7.85. The Bertz CT molecular complexity index is 891. The summed E-state index contributed by atoms with van der Waals surface area (Å²) in [7, 11) is 1.50. The second-order valence-corrected chi connectivity index (χ2v) is 8.29. The van der Waals surface area contributed by atoms with Gasteiger partial charge in [0.1, 0.15) is 11.5 Å². The van der Waals surface area contributed by atoms with Crippen LogP contribution < -0.4 is 14.8 Å². The lowest BCUT2D eigenvalue weighted by Gasteiger charge is -2.27. The molecule has 2 aromatic carbocycles. The number of hydrogen-bond donors (Lipinski definition) is 2. The van der Waals surface area contributed by atoms with Gasteiger partial charge in [0, 0.05) is 17.0 Å². The van der Waals surface area contributed by atoms with Gasteiger partial charge in [-0.3, -0.25) is 4.79 Å². The molecule has 0 aliphatic heterocycles. The standard InChI is InChI=1S/C22H26ClNO5/c1-21(2,13-24-19(25)17-12-15(23)8-11-18(17)28-5)14-6-9-16(10-7-14)29-22(3,4)20(26)27/h6-12H,13H2,1-5H3,(H,24,25)(H,26,27). The van der Waals surface area contributed by atoms with Gasteiger partial charge in [0.15, 0.2) is 5.60 Å². The van der Waals surface area contributed by atoms with Crippen LogP contribution in [0.5, 0.6) is 11.5 Å². The quantitative estimate of drug-likeness (QED) is 0.666. The maximum absolute atomic E-state index is 12.6. The van der Waals surface area contributed by atoms with Crippen LogP contribution in [0.1, 0.15) is 43.6 Å². The Kier molecular flexibility index (Phi) is 6.80. The summed E-state index contributed by atoms with van der Waals surface area (Å²) in [6, 6.07) is 12.1. The fourth-order valence-corrected chi connectivity index (χ4v) is 2.84. The zero-order valence-electron chi connectivity index (χ0n) is 17.2. The molecule has 0 heterocycles. The van der Waals surface area contributed by atoms with E-state index in [2.05, 4.69) is 5.32 Å². The molecule has 2 N–H and O–H groups in total. The third kappa shape index (κ3) is 5.64. The lowest BCUT2D eigenvalue weighted by atomic mass is 9.84. The summed E-state index contributed by atoms with van der Waals surface area (Å²) in [5.74, 6) is -0.404. The predicted molar refractivity (Wildman–Crippen MR) is 112 cm³/mol. The number of amides is 1. The Morgan fingerprint density at radius 1 is 1.07 bits per heavy atom. The predicted octanol–water partition coefficient (Wildman–Crippen LogP) is 4.30. The molecule has 0 spiro atoms. The van der Waals surface area contributed by atoms with Gasteiger partial charge in [0.05, 0.1) is 12.7 Å². The Labute approximate surface area is 175 Å². The van der Waals surface area contributed by atoms with Gasteiger partial charge in [0.25, 0.3) is 5.91 Å². The molecule has 0 saturated carbocycles. The monoisotopic (exact) mass is 419 g/mol. The molecule has 0 aliphatic carbocycles. The summed E-state index contributed by atoms with van der Waals surface area (Å²) < 4.78 is 10.8. The number of rotatable bonds is 8. The highest BCUT2D eigenvalue weighted by atomic mass is 35.5. The number of carbonyl (C=O) groups excluding carboxylic acids is 1. The third-order valence-electron chi connectivity index (χ3n) is 4.62. The summed E-state index contributed by atoms with van der Waals surface area (Å²) in [4.78, 5) is 23.8. The van der Waals surface area contributed by atoms with Crippen molar-refractivity contribution in [1.82, 2.24) is 5.32 Å². The highest BCUT2D eigenvalue weighted by Crippen LogP contribution is 2.27.